The summed E-state index contributed by atoms with van der Waals surface area (Å²) in [6, 6.07) is 8.27. The van der Waals surface area contributed by atoms with Gasteiger partial charge >= 0.3 is 0 Å². The van der Waals surface area contributed by atoms with Crippen LogP contribution >= 0.6 is 11.6 Å². The Balaban J connectivity index is 2.09. The number of hydrogen-bond acceptors (Lipinski definition) is 2. The first-order valence-electron chi connectivity index (χ1n) is 6.90. The topological polar surface area (TPSA) is 46.3 Å². The number of carbonyl (C=O) groups is 1. The van der Waals surface area contributed by atoms with Crippen LogP contribution in [-0.4, -0.2) is 23.4 Å². The van der Waals surface area contributed by atoms with E-state index in [0.717, 1.165) is 29.8 Å². The van der Waals surface area contributed by atoms with Gasteiger partial charge in [0.1, 0.15) is 0 Å². The molecule has 104 valence electrons. The third-order valence-electron chi connectivity index (χ3n) is 3.59. The molecule has 1 aliphatic carbocycles. The summed E-state index contributed by atoms with van der Waals surface area (Å²) < 4.78 is 0. The predicted octanol–water partition coefficient (Wildman–Crippen LogP) is 3.13. The van der Waals surface area contributed by atoms with Crippen molar-refractivity contribution in [2.45, 2.75) is 44.7 Å². The second-order valence-electron chi connectivity index (χ2n) is 5.15. The molecule has 1 saturated carbocycles. The summed E-state index contributed by atoms with van der Waals surface area (Å²) in [5.74, 6) is 0.218. The van der Waals surface area contributed by atoms with Gasteiger partial charge in [-0.25, -0.2) is 0 Å². The zero-order chi connectivity index (χ0) is 13.8. The van der Waals surface area contributed by atoms with Crippen molar-refractivity contribution in [2.75, 3.05) is 6.54 Å². The van der Waals surface area contributed by atoms with Crippen LogP contribution in [0, 0.1) is 0 Å². The summed E-state index contributed by atoms with van der Waals surface area (Å²) in [7, 11) is 0. The Bertz CT molecular complexity index is 428. The molecule has 0 spiro atoms. The number of amides is 1. The van der Waals surface area contributed by atoms with E-state index < -0.39 is 0 Å². The molecule has 1 atom stereocenters. The maximum atomic E-state index is 12.3. The summed E-state index contributed by atoms with van der Waals surface area (Å²) >= 11 is 5.91. The molecule has 1 unspecified atom stereocenters. The lowest BCUT2D eigenvalue weighted by Crippen LogP contribution is -2.35. The smallest absolute Gasteiger partial charge is 0.223 e. The van der Waals surface area contributed by atoms with Crippen LogP contribution in [-0.2, 0) is 4.79 Å². The minimum Gasteiger partial charge on any atom is -0.333 e. The average Bonchev–Trinajstić information content (AvgIpc) is 3.22. The van der Waals surface area contributed by atoms with E-state index in [1.54, 1.807) is 0 Å². The van der Waals surface area contributed by atoms with Crippen LogP contribution in [0.4, 0.5) is 0 Å². The predicted molar refractivity (Wildman–Crippen MR) is 78.0 cm³/mol. The Morgan fingerprint density at radius 2 is 2.05 bits per heavy atom. The Morgan fingerprint density at radius 1 is 1.42 bits per heavy atom. The van der Waals surface area contributed by atoms with E-state index in [9.17, 15) is 4.79 Å². The minimum atomic E-state index is 0.107. The van der Waals surface area contributed by atoms with E-state index in [-0.39, 0.29) is 11.9 Å². The van der Waals surface area contributed by atoms with Gasteiger partial charge in [-0.2, -0.15) is 0 Å². The molecule has 0 heterocycles. The Hall–Kier alpha value is -1.06. The van der Waals surface area contributed by atoms with Gasteiger partial charge in [0.25, 0.3) is 0 Å². The lowest BCUT2D eigenvalue weighted by atomic mass is 10.1. The fraction of sp³-hybridized carbons (Fsp3) is 0.533. The number of rotatable bonds is 6. The quantitative estimate of drug-likeness (QED) is 0.870. The Morgan fingerprint density at radius 3 is 2.58 bits per heavy atom. The van der Waals surface area contributed by atoms with E-state index in [0.29, 0.717) is 19.0 Å². The Labute approximate surface area is 119 Å². The standard InChI is InChI=1S/C15H21ClN2O/c1-11(12-4-6-13(16)7-5-12)18(14-8-9-14)15(19)3-2-10-17/h4-7,11,14H,2-3,8-10,17H2,1H3. The van der Waals surface area contributed by atoms with E-state index in [1.807, 2.05) is 29.2 Å². The van der Waals surface area contributed by atoms with Crippen LogP contribution in [0.2, 0.25) is 5.02 Å². The number of hydrogen-bond donors (Lipinski definition) is 1. The lowest BCUT2D eigenvalue weighted by Gasteiger charge is -2.30. The van der Waals surface area contributed by atoms with Crippen molar-refractivity contribution in [3.8, 4) is 0 Å². The average molecular weight is 281 g/mol. The molecule has 0 radical (unpaired) electrons. The molecular formula is C15H21ClN2O. The highest BCUT2D eigenvalue weighted by Crippen LogP contribution is 2.35. The monoisotopic (exact) mass is 280 g/mol. The van der Waals surface area contributed by atoms with Gasteiger partial charge in [0.05, 0.1) is 6.04 Å². The number of carbonyl (C=O) groups excluding carboxylic acids is 1. The van der Waals surface area contributed by atoms with Gasteiger partial charge in [-0.1, -0.05) is 23.7 Å². The maximum Gasteiger partial charge on any atom is 0.223 e. The molecule has 0 aliphatic heterocycles. The normalized spacial score (nSPS) is 16.2. The molecule has 2 rings (SSSR count). The van der Waals surface area contributed by atoms with Gasteiger partial charge in [-0.3, -0.25) is 4.79 Å². The molecule has 1 fully saturated rings. The van der Waals surface area contributed by atoms with Crippen LogP contribution in [0.25, 0.3) is 0 Å². The summed E-state index contributed by atoms with van der Waals surface area (Å²) in [4.78, 5) is 14.3. The third-order valence-corrected chi connectivity index (χ3v) is 3.84. The molecule has 0 saturated heterocycles. The first kappa shape index (κ1) is 14.4. The van der Waals surface area contributed by atoms with Gasteiger partial charge < -0.3 is 10.6 Å². The summed E-state index contributed by atoms with van der Waals surface area (Å²) in [6.45, 7) is 2.65. The van der Waals surface area contributed by atoms with Crippen molar-refractivity contribution in [2.24, 2.45) is 5.73 Å². The summed E-state index contributed by atoms with van der Waals surface area (Å²) in [5.41, 5.74) is 6.62. The molecule has 1 aromatic rings. The summed E-state index contributed by atoms with van der Waals surface area (Å²) in [5, 5.41) is 0.725. The fourth-order valence-electron chi connectivity index (χ4n) is 2.37. The van der Waals surface area contributed by atoms with Crippen molar-refractivity contribution in [1.82, 2.24) is 4.90 Å². The van der Waals surface area contributed by atoms with Gasteiger partial charge in [-0.05, 0) is 50.4 Å². The number of nitrogens with two attached hydrogens (primary N) is 1. The molecule has 1 aliphatic rings. The van der Waals surface area contributed by atoms with Gasteiger partial charge in [0.15, 0.2) is 0 Å². The van der Waals surface area contributed by atoms with Gasteiger partial charge in [-0.15, -0.1) is 0 Å². The molecule has 2 N–H and O–H groups in total. The molecule has 0 bridgehead atoms. The van der Waals surface area contributed by atoms with Gasteiger partial charge in [0.2, 0.25) is 5.91 Å². The zero-order valence-corrected chi connectivity index (χ0v) is 12.1. The van der Waals surface area contributed by atoms with E-state index in [4.69, 9.17) is 17.3 Å². The van der Waals surface area contributed by atoms with Crippen LogP contribution in [0.5, 0.6) is 0 Å². The number of nitrogens with zero attached hydrogens (tertiary/aromatic N) is 1. The van der Waals surface area contributed by atoms with E-state index in [2.05, 4.69) is 6.92 Å². The van der Waals surface area contributed by atoms with Crippen molar-refractivity contribution in [3.63, 3.8) is 0 Å². The van der Waals surface area contributed by atoms with Crippen molar-refractivity contribution in [1.29, 1.82) is 0 Å². The Kier molecular flexibility index (Phi) is 4.83. The van der Waals surface area contributed by atoms with Crippen molar-refractivity contribution >= 4 is 17.5 Å². The largest absolute Gasteiger partial charge is 0.333 e. The second kappa shape index (κ2) is 6.40. The van der Waals surface area contributed by atoms with E-state index in [1.165, 1.54) is 0 Å². The first-order chi connectivity index (χ1) is 9.13. The highest BCUT2D eigenvalue weighted by Gasteiger charge is 2.35. The molecule has 4 heteroatoms. The molecule has 0 aromatic heterocycles. The zero-order valence-electron chi connectivity index (χ0n) is 11.3. The fourth-order valence-corrected chi connectivity index (χ4v) is 2.50. The molecule has 1 amide bonds. The lowest BCUT2D eigenvalue weighted by molar-refractivity contribution is -0.134. The summed E-state index contributed by atoms with van der Waals surface area (Å²) in [6.07, 6.45) is 3.54. The van der Waals surface area contributed by atoms with Crippen LogP contribution < -0.4 is 5.73 Å². The first-order valence-corrected chi connectivity index (χ1v) is 7.28. The molecule has 19 heavy (non-hydrogen) atoms. The van der Waals surface area contributed by atoms with Gasteiger partial charge in [0, 0.05) is 17.5 Å². The third kappa shape index (κ3) is 3.71. The second-order valence-corrected chi connectivity index (χ2v) is 5.59. The van der Waals surface area contributed by atoms with E-state index >= 15 is 0 Å². The maximum absolute atomic E-state index is 12.3. The van der Waals surface area contributed by atoms with Crippen molar-refractivity contribution < 1.29 is 4.79 Å². The highest BCUT2D eigenvalue weighted by molar-refractivity contribution is 6.30. The number of halogens is 1. The number of benzene rings is 1. The van der Waals surface area contributed by atoms with Crippen LogP contribution in [0.1, 0.15) is 44.2 Å². The van der Waals surface area contributed by atoms with Crippen LogP contribution in [0.3, 0.4) is 0 Å². The highest BCUT2D eigenvalue weighted by atomic mass is 35.5. The molecule has 1 aromatic carbocycles. The molecular weight excluding hydrogens is 260 g/mol. The minimum absolute atomic E-state index is 0.107. The van der Waals surface area contributed by atoms with Crippen molar-refractivity contribution in [3.05, 3.63) is 34.9 Å². The molecule has 3 nitrogen and oxygen atoms in total. The van der Waals surface area contributed by atoms with Crippen LogP contribution in [0.15, 0.2) is 24.3 Å². The SMILES string of the molecule is CC(c1ccc(Cl)cc1)N(C(=O)CCCN)C1CC1.